The molecule has 0 fully saturated rings. The van der Waals surface area contributed by atoms with Gasteiger partial charge in [0.05, 0.1) is 12.3 Å². The molecule has 2 aromatic rings. The standard InChI is InChI=1S/C16H20N2O2/c1-3-4-9-18-16(20)14(11-19)10-15(17-18)13-7-5-12(2)6-8-13/h5-8,10,19H,3-4,9,11H2,1-2H3. The molecule has 0 unspecified atom stereocenters. The lowest BCUT2D eigenvalue weighted by Gasteiger charge is -2.09. The number of unbranched alkanes of at least 4 members (excludes halogenated alkanes) is 1. The summed E-state index contributed by atoms with van der Waals surface area (Å²) in [4.78, 5) is 12.1. The summed E-state index contributed by atoms with van der Waals surface area (Å²) in [5.41, 5.74) is 3.05. The Balaban J connectivity index is 2.47. The average Bonchev–Trinajstić information content (AvgIpc) is 2.47. The lowest BCUT2D eigenvalue weighted by molar-refractivity contribution is 0.278. The number of hydrogen-bond acceptors (Lipinski definition) is 3. The van der Waals surface area contributed by atoms with Crippen molar-refractivity contribution in [2.24, 2.45) is 0 Å². The maximum absolute atomic E-state index is 12.1. The lowest BCUT2D eigenvalue weighted by Crippen LogP contribution is -2.26. The van der Waals surface area contributed by atoms with E-state index in [0.717, 1.165) is 24.1 Å². The van der Waals surface area contributed by atoms with E-state index in [2.05, 4.69) is 12.0 Å². The molecule has 0 atom stereocenters. The van der Waals surface area contributed by atoms with Crippen LogP contribution in [-0.2, 0) is 13.2 Å². The molecule has 1 heterocycles. The van der Waals surface area contributed by atoms with Crippen molar-refractivity contribution < 1.29 is 5.11 Å². The largest absolute Gasteiger partial charge is 0.391 e. The van der Waals surface area contributed by atoms with Crippen LogP contribution in [0.3, 0.4) is 0 Å². The van der Waals surface area contributed by atoms with Crippen LogP contribution in [0.5, 0.6) is 0 Å². The summed E-state index contributed by atoms with van der Waals surface area (Å²) in [5, 5.41) is 13.8. The van der Waals surface area contributed by atoms with Crippen molar-refractivity contribution in [3.63, 3.8) is 0 Å². The first-order chi connectivity index (χ1) is 9.65. The lowest BCUT2D eigenvalue weighted by atomic mass is 10.1. The van der Waals surface area contributed by atoms with Gasteiger partial charge >= 0.3 is 0 Å². The fourth-order valence-electron chi connectivity index (χ4n) is 2.03. The second-order valence-corrected chi connectivity index (χ2v) is 4.96. The second-order valence-electron chi connectivity index (χ2n) is 4.96. The van der Waals surface area contributed by atoms with Crippen LogP contribution in [0.4, 0.5) is 0 Å². The Labute approximate surface area is 118 Å². The Morgan fingerprint density at radius 2 is 1.95 bits per heavy atom. The highest BCUT2D eigenvalue weighted by Gasteiger charge is 2.09. The van der Waals surface area contributed by atoms with Crippen molar-refractivity contribution in [3.8, 4) is 11.3 Å². The van der Waals surface area contributed by atoms with Gasteiger partial charge in [-0.05, 0) is 19.4 Å². The number of aliphatic hydroxyl groups is 1. The van der Waals surface area contributed by atoms with Gasteiger partial charge in [0.15, 0.2) is 0 Å². The van der Waals surface area contributed by atoms with E-state index >= 15 is 0 Å². The summed E-state index contributed by atoms with van der Waals surface area (Å²) in [6.45, 7) is 4.43. The van der Waals surface area contributed by atoms with Crippen LogP contribution in [0.1, 0.15) is 30.9 Å². The molecule has 0 aliphatic heterocycles. The Morgan fingerprint density at radius 1 is 1.25 bits per heavy atom. The van der Waals surface area contributed by atoms with E-state index in [1.807, 2.05) is 31.2 Å². The zero-order valence-electron chi connectivity index (χ0n) is 12.0. The monoisotopic (exact) mass is 272 g/mol. The van der Waals surface area contributed by atoms with E-state index < -0.39 is 0 Å². The molecule has 0 aliphatic carbocycles. The van der Waals surface area contributed by atoms with E-state index in [1.165, 1.54) is 10.2 Å². The number of aromatic nitrogens is 2. The Hall–Kier alpha value is -1.94. The molecule has 20 heavy (non-hydrogen) atoms. The maximum Gasteiger partial charge on any atom is 0.272 e. The number of aliphatic hydroxyl groups excluding tert-OH is 1. The van der Waals surface area contributed by atoms with Crippen molar-refractivity contribution in [1.29, 1.82) is 0 Å². The van der Waals surface area contributed by atoms with Crippen molar-refractivity contribution in [3.05, 3.63) is 51.8 Å². The molecule has 0 aliphatic rings. The van der Waals surface area contributed by atoms with Crippen LogP contribution in [-0.4, -0.2) is 14.9 Å². The molecule has 4 nitrogen and oxygen atoms in total. The Bertz CT molecular complexity index is 630. The highest BCUT2D eigenvalue weighted by Crippen LogP contribution is 2.17. The molecule has 2 rings (SSSR count). The third-order valence-electron chi connectivity index (χ3n) is 3.29. The van der Waals surface area contributed by atoms with Crippen molar-refractivity contribution in [2.75, 3.05) is 0 Å². The van der Waals surface area contributed by atoms with Crippen LogP contribution in [0.15, 0.2) is 35.1 Å². The van der Waals surface area contributed by atoms with Gasteiger partial charge in [0.1, 0.15) is 0 Å². The minimum Gasteiger partial charge on any atom is -0.391 e. The van der Waals surface area contributed by atoms with Crippen molar-refractivity contribution in [1.82, 2.24) is 9.78 Å². The molecular weight excluding hydrogens is 252 g/mol. The summed E-state index contributed by atoms with van der Waals surface area (Å²) in [6.07, 6.45) is 1.90. The fraction of sp³-hybridized carbons (Fsp3) is 0.375. The molecule has 0 saturated carbocycles. The van der Waals surface area contributed by atoms with Crippen LogP contribution in [0, 0.1) is 6.92 Å². The molecule has 0 bridgehead atoms. The number of benzene rings is 1. The van der Waals surface area contributed by atoms with Gasteiger partial charge in [-0.25, -0.2) is 4.68 Å². The maximum atomic E-state index is 12.1. The van der Waals surface area contributed by atoms with Gasteiger partial charge in [-0.3, -0.25) is 4.79 Å². The third kappa shape index (κ3) is 3.14. The van der Waals surface area contributed by atoms with Gasteiger partial charge in [-0.2, -0.15) is 5.10 Å². The second kappa shape index (κ2) is 6.48. The number of rotatable bonds is 5. The van der Waals surface area contributed by atoms with E-state index in [9.17, 15) is 9.90 Å². The minimum atomic E-state index is -0.258. The van der Waals surface area contributed by atoms with Gasteiger partial charge in [-0.15, -0.1) is 0 Å². The van der Waals surface area contributed by atoms with E-state index in [-0.39, 0.29) is 12.2 Å². The summed E-state index contributed by atoms with van der Waals surface area (Å²) in [7, 11) is 0. The van der Waals surface area contributed by atoms with Gasteiger partial charge in [0.25, 0.3) is 5.56 Å². The number of hydrogen-bond donors (Lipinski definition) is 1. The van der Waals surface area contributed by atoms with Crippen molar-refractivity contribution >= 4 is 0 Å². The summed E-state index contributed by atoms with van der Waals surface area (Å²) >= 11 is 0. The topological polar surface area (TPSA) is 55.1 Å². The predicted octanol–water partition coefficient (Wildman–Crippen LogP) is 2.51. The normalized spacial score (nSPS) is 10.8. The molecule has 1 aromatic carbocycles. The molecule has 0 amide bonds. The van der Waals surface area contributed by atoms with Gasteiger partial charge in [0, 0.05) is 17.7 Å². The quantitative estimate of drug-likeness (QED) is 0.910. The first kappa shape index (κ1) is 14.5. The van der Waals surface area contributed by atoms with E-state index in [4.69, 9.17) is 0 Å². The molecular formula is C16H20N2O2. The highest BCUT2D eigenvalue weighted by molar-refractivity contribution is 5.59. The molecule has 0 saturated heterocycles. The van der Waals surface area contributed by atoms with Gasteiger partial charge in [0.2, 0.25) is 0 Å². The number of aryl methyl sites for hydroxylation is 2. The zero-order valence-corrected chi connectivity index (χ0v) is 12.0. The van der Waals surface area contributed by atoms with Crippen LogP contribution >= 0.6 is 0 Å². The minimum absolute atomic E-state index is 0.197. The highest BCUT2D eigenvalue weighted by atomic mass is 16.3. The van der Waals surface area contributed by atoms with Gasteiger partial charge < -0.3 is 5.11 Å². The summed E-state index contributed by atoms with van der Waals surface area (Å²) < 4.78 is 1.46. The zero-order chi connectivity index (χ0) is 14.5. The van der Waals surface area contributed by atoms with Crippen LogP contribution < -0.4 is 5.56 Å². The third-order valence-corrected chi connectivity index (χ3v) is 3.29. The molecule has 1 aromatic heterocycles. The Kier molecular flexibility index (Phi) is 4.69. The van der Waals surface area contributed by atoms with Crippen molar-refractivity contribution in [2.45, 2.75) is 39.8 Å². The summed E-state index contributed by atoms with van der Waals surface area (Å²) in [5.74, 6) is 0. The number of nitrogens with zero attached hydrogens (tertiary/aromatic N) is 2. The summed E-state index contributed by atoms with van der Waals surface area (Å²) in [6, 6.07) is 9.66. The van der Waals surface area contributed by atoms with Gasteiger partial charge in [-0.1, -0.05) is 43.2 Å². The average molecular weight is 272 g/mol. The molecule has 0 radical (unpaired) electrons. The molecule has 4 heteroatoms. The molecule has 1 N–H and O–H groups in total. The fourth-order valence-corrected chi connectivity index (χ4v) is 2.03. The first-order valence-corrected chi connectivity index (χ1v) is 6.94. The van der Waals surface area contributed by atoms with Crippen LogP contribution in [0.2, 0.25) is 0 Å². The molecule has 0 spiro atoms. The molecule has 106 valence electrons. The van der Waals surface area contributed by atoms with E-state index in [0.29, 0.717) is 12.1 Å². The Morgan fingerprint density at radius 3 is 2.55 bits per heavy atom. The SMILES string of the molecule is CCCCn1nc(-c2ccc(C)cc2)cc(CO)c1=O. The smallest absolute Gasteiger partial charge is 0.272 e. The first-order valence-electron chi connectivity index (χ1n) is 6.94. The predicted molar refractivity (Wildman–Crippen MR) is 79.5 cm³/mol. The van der Waals surface area contributed by atoms with E-state index in [1.54, 1.807) is 6.07 Å². The van der Waals surface area contributed by atoms with Crippen LogP contribution in [0.25, 0.3) is 11.3 Å².